The molecule has 0 bridgehead atoms. The SMILES string of the molecule is NNC(=O)c1ccc(CSc2ccncn2)cc1. The zero-order valence-corrected chi connectivity index (χ0v) is 10.4. The summed E-state index contributed by atoms with van der Waals surface area (Å²) in [5, 5.41) is 0.925. The molecule has 0 saturated carbocycles. The van der Waals surface area contributed by atoms with Gasteiger partial charge in [-0.2, -0.15) is 0 Å². The quantitative estimate of drug-likeness (QED) is 0.285. The zero-order valence-electron chi connectivity index (χ0n) is 9.54. The Hall–Kier alpha value is -1.92. The van der Waals surface area contributed by atoms with E-state index in [0.717, 1.165) is 16.3 Å². The number of nitrogen functional groups attached to an aromatic ring is 1. The summed E-state index contributed by atoms with van der Waals surface area (Å²) in [6, 6.07) is 9.16. The van der Waals surface area contributed by atoms with Crippen molar-refractivity contribution in [2.24, 2.45) is 5.84 Å². The first kappa shape index (κ1) is 12.5. The first-order valence-electron chi connectivity index (χ1n) is 5.28. The Morgan fingerprint density at radius 2 is 2.06 bits per heavy atom. The average molecular weight is 260 g/mol. The van der Waals surface area contributed by atoms with Crippen LogP contribution in [0.2, 0.25) is 0 Å². The molecule has 5 nitrogen and oxygen atoms in total. The van der Waals surface area contributed by atoms with Crippen molar-refractivity contribution in [3.63, 3.8) is 0 Å². The van der Waals surface area contributed by atoms with E-state index in [9.17, 15) is 4.79 Å². The van der Waals surface area contributed by atoms with Crippen molar-refractivity contribution in [1.29, 1.82) is 0 Å². The molecule has 0 atom stereocenters. The number of nitrogens with two attached hydrogens (primary N) is 1. The number of amides is 1. The van der Waals surface area contributed by atoms with Gasteiger partial charge in [0.2, 0.25) is 0 Å². The van der Waals surface area contributed by atoms with Crippen LogP contribution in [0.15, 0.2) is 47.9 Å². The van der Waals surface area contributed by atoms with Crippen LogP contribution in [0, 0.1) is 0 Å². The fraction of sp³-hybridized carbons (Fsp3) is 0.0833. The molecule has 92 valence electrons. The Morgan fingerprint density at radius 1 is 1.28 bits per heavy atom. The third-order valence-corrected chi connectivity index (χ3v) is 3.30. The van der Waals surface area contributed by atoms with Gasteiger partial charge in [-0.3, -0.25) is 10.2 Å². The molecule has 0 saturated heterocycles. The molecule has 0 unspecified atom stereocenters. The molecule has 2 rings (SSSR count). The molecule has 0 radical (unpaired) electrons. The van der Waals surface area contributed by atoms with Crippen molar-refractivity contribution >= 4 is 17.7 Å². The molecule has 3 N–H and O–H groups in total. The van der Waals surface area contributed by atoms with Crippen LogP contribution in [0.25, 0.3) is 0 Å². The van der Waals surface area contributed by atoms with E-state index in [4.69, 9.17) is 5.84 Å². The third-order valence-electron chi connectivity index (χ3n) is 2.29. The third kappa shape index (κ3) is 3.28. The molecular formula is C12H12N4OS. The topological polar surface area (TPSA) is 80.9 Å². The number of thioether (sulfide) groups is 1. The van der Waals surface area contributed by atoms with E-state index in [1.165, 1.54) is 6.33 Å². The molecule has 1 aromatic carbocycles. The number of benzene rings is 1. The summed E-state index contributed by atoms with van der Waals surface area (Å²) in [4.78, 5) is 19.2. The van der Waals surface area contributed by atoms with E-state index < -0.39 is 0 Å². The standard InChI is InChI=1S/C12H12N4OS/c13-16-12(17)10-3-1-9(2-4-10)7-18-11-5-6-14-8-15-11/h1-6,8H,7,13H2,(H,16,17). The predicted molar refractivity (Wildman–Crippen MR) is 69.7 cm³/mol. The van der Waals surface area contributed by atoms with Crippen molar-refractivity contribution in [2.45, 2.75) is 10.8 Å². The first-order chi connectivity index (χ1) is 8.79. The number of nitrogens with one attached hydrogen (secondary N) is 1. The van der Waals surface area contributed by atoms with Crippen LogP contribution in [-0.2, 0) is 5.75 Å². The highest BCUT2D eigenvalue weighted by atomic mass is 32.2. The van der Waals surface area contributed by atoms with Gasteiger partial charge in [0.15, 0.2) is 0 Å². The van der Waals surface area contributed by atoms with Gasteiger partial charge in [-0.15, -0.1) is 11.8 Å². The second kappa shape index (κ2) is 6.13. The van der Waals surface area contributed by atoms with Gasteiger partial charge >= 0.3 is 0 Å². The summed E-state index contributed by atoms with van der Waals surface area (Å²) < 4.78 is 0. The maximum atomic E-state index is 11.2. The van der Waals surface area contributed by atoms with Crippen LogP contribution in [0.1, 0.15) is 15.9 Å². The number of nitrogens with zero attached hydrogens (tertiary/aromatic N) is 2. The van der Waals surface area contributed by atoms with Gasteiger partial charge in [0.05, 0.1) is 5.03 Å². The molecular weight excluding hydrogens is 248 g/mol. The van der Waals surface area contributed by atoms with E-state index in [0.29, 0.717) is 5.56 Å². The Bertz CT molecular complexity index is 515. The summed E-state index contributed by atoms with van der Waals surface area (Å²) in [6.07, 6.45) is 3.24. The molecule has 0 spiro atoms. The summed E-state index contributed by atoms with van der Waals surface area (Å²) in [5.74, 6) is 5.57. The lowest BCUT2D eigenvalue weighted by Crippen LogP contribution is -2.29. The predicted octanol–water partition coefficient (Wildman–Crippen LogP) is 1.37. The summed E-state index contributed by atoms with van der Waals surface area (Å²) in [6.45, 7) is 0. The van der Waals surface area contributed by atoms with Gasteiger partial charge in [-0.1, -0.05) is 12.1 Å². The monoisotopic (exact) mass is 260 g/mol. The molecule has 0 fully saturated rings. The number of carbonyl (C=O) groups excluding carboxylic acids is 1. The lowest BCUT2D eigenvalue weighted by atomic mass is 10.1. The highest BCUT2D eigenvalue weighted by Crippen LogP contribution is 2.19. The zero-order chi connectivity index (χ0) is 12.8. The summed E-state index contributed by atoms with van der Waals surface area (Å²) in [7, 11) is 0. The van der Waals surface area contributed by atoms with E-state index in [1.807, 2.05) is 18.2 Å². The van der Waals surface area contributed by atoms with Gasteiger partial charge in [-0.25, -0.2) is 15.8 Å². The number of hydrogen-bond acceptors (Lipinski definition) is 5. The van der Waals surface area contributed by atoms with Crippen LogP contribution in [0.3, 0.4) is 0 Å². The number of carbonyl (C=O) groups is 1. The first-order valence-corrected chi connectivity index (χ1v) is 6.27. The van der Waals surface area contributed by atoms with Gasteiger partial charge in [0.1, 0.15) is 6.33 Å². The smallest absolute Gasteiger partial charge is 0.265 e. The lowest BCUT2D eigenvalue weighted by Gasteiger charge is -2.03. The molecule has 1 amide bonds. The normalized spacial score (nSPS) is 10.1. The number of hydrogen-bond donors (Lipinski definition) is 2. The van der Waals surface area contributed by atoms with E-state index >= 15 is 0 Å². The van der Waals surface area contributed by atoms with Crippen LogP contribution >= 0.6 is 11.8 Å². The van der Waals surface area contributed by atoms with Crippen molar-refractivity contribution in [2.75, 3.05) is 0 Å². The van der Waals surface area contributed by atoms with E-state index in [2.05, 4.69) is 15.4 Å². The van der Waals surface area contributed by atoms with Crippen LogP contribution in [0.4, 0.5) is 0 Å². The van der Waals surface area contributed by atoms with Crippen molar-refractivity contribution < 1.29 is 4.79 Å². The fourth-order valence-electron chi connectivity index (χ4n) is 1.36. The maximum absolute atomic E-state index is 11.2. The van der Waals surface area contributed by atoms with Crippen LogP contribution in [-0.4, -0.2) is 15.9 Å². The Balaban J connectivity index is 1.97. The van der Waals surface area contributed by atoms with Crippen molar-refractivity contribution in [3.05, 3.63) is 54.0 Å². The fourth-order valence-corrected chi connectivity index (χ4v) is 2.14. The minimum Gasteiger partial charge on any atom is -0.290 e. The molecule has 18 heavy (non-hydrogen) atoms. The number of rotatable bonds is 4. The van der Waals surface area contributed by atoms with E-state index in [1.54, 1.807) is 30.1 Å². The molecule has 0 aliphatic rings. The second-order valence-corrected chi connectivity index (χ2v) is 4.50. The van der Waals surface area contributed by atoms with Gasteiger partial charge in [-0.05, 0) is 23.8 Å². The average Bonchev–Trinajstić information content (AvgIpc) is 2.46. The maximum Gasteiger partial charge on any atom is 0.265 e. The second-order valence-electron chi connectivity index (χ2n) is 3.51. The molecule has 6 heteroatoms. The largest absolute Gasteiger partial charge is 0.290 e. The Morgan fingerprint density at radius 3 is 2.67 bits per heavy atom. The van der Waals surface area contributed by atoms with Crippen molar-refractivity contribution in [3.8, 4) is 0 Å². The molecule has 1 aromatic heterocycles. The Labute approximate surface area is 109 Å². The van der Waals surface area contributed by atoms with Gasteiger partial charge < -0.3 is 0 Å². The molecule has 1 heterocycles. The molecule has 2 aromatic rings. The minimum absolute atomic E-state index is 0.287. The lowest BCUT2D eigenvalue weighted by molar-refractivity contribution is 0.0953. The Kier molecular flexibility index (Phi) is 4.27. The highest BCUT2D eigenvalue weighted by molar-refractivity contribution is 7.98. The van der Waals surface area contributed by atoms with Gasteiger partial charge in [0, 0.05) is 17.5 Å². The summed E-state index contributed by atoms with van der Waals surface area (Å²) in [5.41, 5.74) is 3.76. The van der Waals surface area contributed by atoms with Crippen LogP contribution in [0.5, 0.6) is 0 Å². The highest BCUT2D eigenvalue weighted by Gasteiger charge is 2.03. The number of hydrazine groups is 1. The molecule has 0 aliphatic heterocycles. The van der Waals surface area contributed by atoms with Crippen molar-refractivity contribution in [1.82, 2.24) is 15.4 Å². The minimum atomic E-state index is -0.287. The van der Waals surface area contributed by atoms with E-state index in [-0.39, 0.29) is 5.91 Å². The molecule has 0 aliphatic carbocycles. The number of aromatic nitrogens is 2. The summed E-state index contributed by atoms with van der Waals surface area (Å²) >= 11 is 1.62. The van der Waals surface area contributed by atoms with Gasteiger partial charge in [0.25, 0.3) is 5.91 Å². The van der Waals surface area contributed by atoms with Crippen LogP contribution < -0.4 is 11.3 Å².